The number of rotatable bonds is 4. The first-order valence-electron chi connectivity index (χ1n) is 5.30. The highest BCUT2D eigenvalue weighted by Gasteiger charge is 2.15. The molecular formula is C10H20N2O2. The number of hydrogen-bond acceptors (Lipinski definition) is 3. The number of hydrogen-bond donors (Lipinski definition) is 1. The van der Waals surface area contributed by atoms with E-state index in [9.17, 15) is 4.79 Å². The average Bonchev–Trinajstić information content (AvgIpc) is 2.26. The van der Waals surface area contributed by atoms with E-state index in [-0.39, 0.29) is 18.6 Å². The molecule has 1 N–H and O–H groups in total. The van der Waals surface area contributed by atoms with Gasteiger partial charge in [0.25, 0.3) is 0 Å². The molecule has 1 saturated heterocycles. The van der Waals surface area contributed by atoms with Crippen LogP contribution in [0.15, 0.2) is 0 Å². The van der Waals surface area contributed by atoms with Crippen LogP contribution in [0.3, 0.4) is 0 Å². The maximum atomic E-state index is 11.4. The van der Waals surface area contributed by atoms with E-state index in [4.69, 9.17) is 4.74 Å². The SMILES string of the molecule is CCN(C)C(=O)COC1CCCNC1. The number of likely N-dealkylation sites (N-methyl/N-ethyl adjacent to an activating group) is 1. The maximum absolute atomic E-state index is 11.4. The first-order chi connectivity index (χ1) is 6.74. The van der Waals surface area contributed by atoms with Gasteiger partial charge in [0.2, 0.25) is 5.91 Å². The first kappa shape index (κ1) is 11.5. The number of nitrogens with one attached hydrogen (secondary N) is 1. The topological polar surface area (TPSA) is 41.6 Å². The van der Waals surface area contributed by atoms with Gasteiger partial charge in [0, 0.05) is 20.1 Å². The Kier molecular flexibility index (Phi) is 4.90. The Hall–Kier alpha value is -0.610. The third kappa shape index (κ3) is 3.64. The van der Waals surface area contributed by atoms with Crippen LogP contribution in [-0.4, -0.2) is 50.2 Å². The van der Waals surface area contributed by atoms with Crippen LogP contribution in [-0.2, 0) is 9.53 Å². The largest absolute Gasteiger partial charge is 0.367 e. The lowest BCUT2D eigenvalue weighted by molar-refractivity contribution is -0.137. The predicted molar refractivity (Wildman–Crippen MR) is 55.2 cm³/mol. The van der Waals surface area contributed by atoms with Gasteiger partial charge in [-0.1, -0.05) is 0 Å². The first-order valence-corrected chi connectivity index (χ1v) is 5.30. The third-order valence-electron chi connectivity index (χ3n) is 2.59. The van der Waals surface area contributed by atoms with Crippen molar-refractivity contribution in [3.63, 3.8) is 0 Å². The molecule has 0 bridgehead atoms. The minimum atomic E-state index is 0.0677. The average molecular weight is 200 g/mol. The van der Waals surface area contributed by atoms with Crippen LogP contribution in [0.1, 0.15) is 19.8 Å². The van der Waals surface area contributed by atoms with Crippen molar-refractivity contribution in [2.24, 2.45) is 0 Å². The summed E-state index contributed by atoms with van der Waals surface area (Å²) in [5, 5.41) is 3.25. The smallest absolute Gasteiger partial charge is 0.248 e. The molecule has 0 aliphatic carbocycles. The summed E-state index contributed by atoms with van der Waals surface area (Å²) in [6.45, 7) is 4.87. The highest BCUT2D eigenvalue weighted by molar-refractivity contribution is 5.77. The Labute approximate surface area is 85.6 Å². The van der Waals surface area contributed by atoms with E-state index < -0.39 is 0 Å². The lowest BCUT2D eigenvalue weighted by Crippen LogP contribution is -2.38. The number of carbonyl (C=O) groups excluding carboxylic acids is 1. The monoisotopic (exact) mass is 200 g/mol. The summed E-state index contributed by atoms with van der Waals surface area (Å²) in [6, 6.07) is 0. The van der Waals surface area contributed by atoms with Crippen molar-refractivity contribution in [3.05, 3.63) is 0 Å². The molecule has 1 heterocycles. The maximum Gasteiger partial charge on any atom is 0.248 e. The summed E-state index contributed by atoms with van der Waals surface area (Å²) in [4.78, 5) is 13.1. The Morgan fingerprint density at radius 1 is 1.64 bits per heavy atom. The summed E-state index contributed by atoms with van der Waals surface area (Å²) >= 11 is 0. The Bertz CT molecular complexity index is 179. The minimum Gasteiger partial charge on any atom is -0.367 e. The van der Waals surface area contributed by atoms with Crippen LogP contribution in [0.2, 0.25) is 0 Å². The number of amides is 1. The molecule has 1 unspecified atom stereocenters. The van der Waals surface area contributed by atoms with Crippen LogP contribution in [0.4, 0.5) is 0 Å². The zero-order valence-corrected chi connectivity index (χ0v) is 9.08. The second kappa shape index (κ2) is 5.98. The van der Waals surface area contributed by atoms with Crippen LogP contribution in [0.5, 0.6) is 0 Å². The molecule has 1 aliphatic heterocycles. The molecule has 82 valence electrons. The second-order valence-corrected chi connectivity index (χ2v) is 3.69. The van der Waals surface area contributed by atoms with Gasteiger partial charge >= 0.3 is 0 Å². The Balaban J connectivity index is 2.15. The van der Waals surface area contributed by atoms with E-state index in [1.54, 1.807) is 11.9 Å². The predicted octanol–water partition coefficient (Wildman–Crippen LogP) is 0.233. The van der Waals surface area contributed by atoms with E-state index >= 15 is 0 Å². The van der Waals surface area contributed by atoms with Gasteiger partial charge in [0.15, 0.2) is 0 Å². The molecular weight excluding hydrogens is 180 g/mol. The number of piperidine rings is 1. The third-order valence-corrected chi connectivity index (χ3v) is 2.59. The quantitative estimate of drug-likeness (QED) is 0.706. The molecule has 1 atom stereocenters. The molecule has 0 aromatic carbocycles. The Morgan fingerprint density at radius 2 is 2.43 bits per heavy atom. The van der Waals surface area contributed by atoms with Crippen molar-refractivity contribution in [1.82, 2.24) is 10.2 Å². The van der Waals surface area contributed by atoms with Gasteiger partial charge in [-0.05, 0) is 26.3 Å². The van der Waals surface area contributed by atoms with Crippen LogP contribution in [0.25, 0.3) is 0 Å². The fourth-order valence-electron chi connectivity index (χ4n) is 1.44. The summed E-state index contributed by atoms with van der Waals surface area (Å²) < 4.78 is 5.51. The summed E-state index contributed by atoms with van der Waals surface area (Å²) in [5.74, 6) is 0.0677. The highest BCUT2D eigenvalue weighted by Crippen LogP contribution is 2.05. The van der Waals surface area contributed by atoms with Crippen LogP contribution < -0.4 is 5.32 Å². The summed E-state index contributed by atoms with van der Waals surface area (Å²) in [6.07, 6.45) is 2.43. The minimum absolute atomic E-state index is 0.0677. The molecule has 14 heavy (non-hydrogen) atoms. The van der Waals surface area contributed by atoms with Gasteiger partial charge < -0.3 is 15.0 Å². The van der Waals surface area contributed by atoms with Crippen molar-refractivity contribution >= 4 is 5.91 Å². The van der Waals surface area contributed by atoms with Gasteiger partial charge in [-0.15, -0.1) is 0 Å². The summed E-state index contributed by atoms with van der Waals surface area (Å²) in [7, 11) is 1.80. The molecule has 0 spiro atoms. The molecule has 0 saturated carbocycles. The van der Waals surface area contributed by atoms with Crippen LogP contribution >= 0.6 is 0 Å². The molecule has 4 heteroatoms. The van der Waals surface area contributed by atoms with Crippen molar-refractivity contribution < 1.29 is 9.53 Å². The van der Waals surface area contributed by atoms with Crippen molar-refractivity contribution in [3.8, 4) is 0 Å². The van der Waals surface area contributed by atoms with Crippen molar-refractivity contribution in [2.75, 3.05) is 33.3 Å². The normalized spacial score (nSPS) is 22.0. The number of carbonyl (C=O) groups is 1. The lowest BCUT2D eigenvalue weighted by atomic mass is 10.1. The van der Waals surface area contributed by atoms with Crippen molar-refractivity contribution in [1.29, 1.82) is 0 Å². The lowest BCUT2D eigenvalue weighted by Gasteiger charge is -2.24. The fraction of sp³-hybridized carbons (Fsp3) is 0.900. The van der Waals surface area contributed by atoms with Gasteiger partial charge in [-0.25, -0.2) is 0 Å². The van der Waals surface area contributed by atoms with Crippen LogP contribution in [0, 0.1) is 0 Å². The second-order valence-electron chi connectivity index (χ2n) is 3.69. The van der Waals surface area contributed by atoms with E-state index in [1.807, 2.05) is 6.92 Å². The molecule has 1 amide bonds. The van der Waals surface area contributed by atoms with Gasteiger partial charge in [-0.3, -0.25) is 4.79 Å². The molecule has 1 fully saturated rings. The zero-order chi connectivity index (χ0) is 10.4. The van der Waals surface area contributed by atoms with Gasteiger partial charge in [-0.2, -0.15) is 0 Å². The van der Waals surface area contributed by atoms with E-state index in [2.05, 4.69) is 5.32 Å². The molecule has 0 radical (unpaired) electrons. The number of ether oxygens (including phenoxy) is 1. The van der Waals surface area contributed by atoms with Gasteiger partial charge in [0.1, 0.15) is 6.61 Å². The molecule has 0 aromatic rings. The Morgan fingerprint density at radius 3 is 3.00 bits per heavy atom. The number of nitrogens with zero attached hydrogens (tertiary/aromatic N) is 1. The fourth-order valence-corrected chi connectivity index (χ4v) is 1.44. The van der Waals surface area contributed by atoms with E-state index in [0.717, 1.165) is 32.5 Å². The highest BCUT2D eigenvalue weighted by atomic mass is 16.5. The van der Waals surface area contributed by atoms with Gasteiger partial charge in [0.05, 0.1) is 6.10 Å². The zero-order valence-electron chi connectivity index (χ0n) is 9.08. The molecule has 1 rings (SSSR count). The van der Waals surface area contributed by atoms with E-state index in [1.165, 1.54) is 0 Å². The summed E-state index contributed by atoms with van der Waals surface area (Å²) in [5.41, 5.74) is 0. The standard InChI is InChI=1S/C10H20N2O2/c1-3-12(2)10(13)8-14-9-5-4-6-11-7-9/h9,11H,3-8H2,1-2H3. The van der Waals surface area contributed by atoms with Crippen molar-refractivity contribution in [2.45, 2.75) is 25.9 Å². The molecule has 0 aromatic heterocycles. The molecule has 4 nitrogen and oxygen atoms in total. The molecule has 1 aliphatic rings. The van der Waals surface area contributed by atoms with E-state index in [0.29, 0.717) is 0 Å².